The molecule has 0 saturated heterocycles. The predicted molar refractivity (Wildman–Crippen MR) is 91.1 cm³/mol. The van der Waals surface area contributed by atoms with Gasteiger partial charge in [0, 0.05) is 17.4 Å². The minimum Gasteiger partial charge on any atom is -0.488 e. The Morgan fingerprint density at radius 3 is 2.83 bits per heavy atom. The first kappa shape index (κ1) is 16.1. The second kappa shape index (κ2) is 7.19. The van der Waals surface area contributed by atoms with Crippen LogP contribution in [0.4, 0.5) is 0 Å². The molecule has 1 aromatic heterocycles. The van der Waals surface area contributed by atoms with E-state index in [1.807, 2.05) is 24.3 Å². The largest absolute Gasteiger partial charge is 0.488 e. The summed E-state index contributed by atoms with van der Waals surface area (Å²) in [7, 11) is 1.35. The van der Waals surface area contributed by atoms with Gasteiger partial charge in [-0.25, -0.2) is 9.78 Å². The van der Waals surface area contributed by atoms with Crippen molar-refractivity contribution in [2.45, 2.75) is 6.61 Å². The number of benzene rings is 2. The molecule has 0 aliphatic heterocycles. The first-order chi connectivity index (χ1) is 11.7. The summed E-state index contributed by atoms with van der Waals surface area (Å²) in [6.07, 6.45) is 3.35. The molecular weight excluding hydrogens is 328 g/mol. The van der Waals surface area contributed by atoms with Gasteiger partial charge in [0.15, 0.2) is 0 Å². The minimum atomic E-state index is -0.413. The molecule has 5 nitrogen and oxygen atoms in total. The molecule has 0 atom stereocenters. The second-order valence-corrected chi connectivity index (χ2v) is 5.50. The number of carbonyl (C=O) groups excluding carboxylic acids is 1. The van der Waals surface area contributed by atoms with E-state index in [1.54, 1.807) is 30.6 Å². The van der Waals surface area contributed by atoms with Crippen molar-refractivity contribution in [3.05, 3.63) is 71.0 Å². The lowest BCUT2D eigenvalue weighted by Crippen LogP contribution is -2.03. The van der Waals surface area contributed by atoms with E-state index >= 15 is 0 Å². The molecule has 1 N–H and O–H groups in total. The van der Waals surface area contributed by atoms with Crippen molar-refractivity contribution in [2.75, 3.05) is 7.11 Å². The van der Waals surface area contributed by atoms with Gasteiger partial charge < -0.3 is 14.5 Å². The Labute approximate surface area is 144 Å². The zero-order valence-electron chi connectivity index (χ0n) is 13.0. The predicted octanol–water partition coefficient (Wildman–Crippen LogP) is 4.10. The fourth-order valence-electron chi connectivity index (χ4n) is 2.29. The number of rotatable bonds is 5. The number of nitrogens with zero attached hydrogens (tertiary/aromatic N) is 1. The molecule has 0 aliphatic carbocycles. The molecule has 122 valence electrons. The molecule has 1 heterocycles. The van der Waals surface area contributed by atoms with Crippen LogP contribution in [-0.2, 0) is 11.3 Å². The van der Waals surface area contributed by atoms with E-state index < -0.39 is 5.97 Å². The molecule has 24 heavy (non-hydrogen) atoms. The summed E-state index contributed by atoms with van der Waals surface area (Å²) in [6, 6.07) is 12.5. The molecule has 0 fully saturated rings. The van der Waals surface area contributed by atoms with Crippen LogP contribution < -0.4 is 4.74 Å². The topological polar surface area (TPSA) is 64.2 Å². The van der Waals surface area contributed by atoms with Crippen LogP contribution in [0.5, 0.6) is 5.75 Å². The van der Waals surface area contributed by atoms with Crippen molar-refractivity contribution in [2.24, 2.45) is 0 Å². The number of halogens is 1. The fourth-order valence-corrected chi connectivity index (χ4v) is 2.50. The van der Waals surface area contributed by atoms with Crippen molar-refractivity contribution in [3.63, 3.8) is 0 Å². The SMILES string of the molecule is COC(=O)c1ccc(OCc2cccc(Cl)c2)c(-c2ncc[nH]2)c1. The van der Waals surface area contributed by atoms with Gasteiger partial charge in [0.2, 0.25) is 0 Å². The van der Waals surface area contributed by atoms with Gasteiger partial charge in [-0.05, 0) is 35.9 Å². The van der Waals surface area contributed by atoms with Crippen LogP contribution in [-0.4, -0.2) is 23.0 Å². The lowest BCUT2D eigenvalue weighted by Gasteiger charge is -2.12. The van der Waals surface area contributed by atoms with Crippen LogP contribution in [0.3, 0.4) is 0 Å². The highest BCUT2D eigenvalue weighted by Crippen LogP contribution is 2.30. The molecule has 2 aromatic carbocycles. The quantitative estimate of drug-likeness (QED) is 0.709. The molecule has 0 saturated carbocycles. The molecule has 0 bridgehead atoms. The van der Waals surface area contributed by atoms with Crippen molar-refractivity contribution >= 4 is 17.6 Å². The molecule has 0 aliphatic rings. The number of carbonyl (C=O) groups is 1. The maximum atomic E-state index is 11.8. The summed E-state index contributed by atoms with van der Waals surface area (Å²) in [6.45, 7) is 0.353. The van der Waals surface area contributed by atoms with E-state index in [4.69, 9.17) is 21.1 Å². The lowest BCUT2D eigenvalue weighted by molar-refractivity contribution is 0.0600. The summed E-state index contributed by atoms with van der Waals surface area (Å²) in [4.78, 5) is 19.0. The first-order valence-corrected chi connectivity index (χ1v) is 7.64. The molecule has 6 heteroatoms. The number of esters is 1. The van der Waals surface area contributed by atoms with Crippen LogP contribution in [0, 0.1) is 0 Å². The highest BCUT2D eigenvalue weighted by atomic mass is 35.5. The molecular formula is C18H15ClN2O3. The van der Waals surface area contributed by atoms with Crippen LogP contribution in [0.2, 0.25) is 5.02 Å². The minimum absolute atomic E-state index is 0.353. The van der Waals surface area contributed by atoms with E-state index in [-0.39, 0.29) is 0 Å². The summed E-state index contributed by atoms with van der Waals surface area (Å²) in [5.74, 6) is 0.809. The summed E-state index contributed by atoms with van der Waals surface area (Å²) in [5.41, 5.74) is 2.06. The Kier molecular flexibility index (Phi) is 4.82. The Morgan fingerprint density at radius 1 is 1.25 bits per heavy atom. The van der Waals surface area contributed by atoms with Gasteiger partial charge in [-0.2, -0.15) is 0 Å². The molecule has 0 unspecified atom stereocenters. The maximum Gasteiger partial charge on any atom is 0.337 e. The Hall–Kier alpha value is -2.79. The number of methoxy groups -OCH3 is 1. The highest BCUT2D eigenvalue weighted by Gasteiger charge is 2.14. The van der Waals surface area contributed by atoms with Crippen LogP contribution >= 0.6 is 11.6 Å². The molecule has 3 rings (SSSR count). The van der Waals surface area contributed by atoms with Gasteiger partial charge in [0.05, 0.1) is 18.2 Å². The molecule has 0 spiro atoms. The number of hydrogen-bond donors (Lipinski definition) is 1. The third-order valence-electron chi connectivity index (χ3n) is 3.44. The number of nitrogens with one attached hydrogen (secondary N) is 1. The van der Waals surface area contributed by atoms with Gasteiger partial charge >= 0.3 is 5.97 Å². The smallest absolute Gasteiger partial charge is 0.337 e. The summed E-state index contributed by atoms with van der Waals surface area (Å²) < 4.78 is 10.7. The van der Waals surface area contributed by atoms with Gasteiger partial charge in [0.1, 0.15) is 18.2 Å². The standard InChI is InChI=1S/C18H15ClN2O3/c1-23-18(22)13-5-6-16(15(10-13)17-20-7-8-21-17)24-11-12-3-2-4-14(19)9-12/h2-10H,11H2,1H3,(H,20,21). The van der Waals surface area contributed by atoms with Crippen LogP contribution in [0.1, 0.15) is 15.9 Å². The van der Waals surface area contributed by atoms with Crippen molar-refractivity contribution in [1.82, 2.24) is 9.97 Å². The van der Waals surface area contributed by atoms with Crippen molar-refractivity contribution < 1.29 is 14.3 Å². The van der Waals surface area contributed by atoms with Crippen molar-refractivity contribution in [1.29, 1.82) is 0 Å². The number of aromatic nitrogens is 2. The number of aromatic amines is 1. The Morgan fingerprint density at radius 2 is 2.12 bits per heavy atom. The number of ether oxygens (including phenoxy) is 2. The normalized spacial score (nSPS) is 10.4. The zero-order chi connectivity index (χ0) is 16.9. The van der Waals surface area contributed by atoms with Gasteiger partial charge in [-0.3, -0.25) is 0 Å². The monoisotopic (exact) mass is 342 g/mol. The van der Waals surface area contributed by atoms with E-state index in [9.17, 15) is 4.79 Å². The third kappa shape index (κ3) is 3.58. The highest BCUT2D eigenvalue weighted by molar-refractivity contribution is 6.30. The number of hydrogen-bond acceptors (Lipinski definition) is 4. The zero-order valence-corrected chi connectivity index (χ0v) is 13.7. The van der Waals surface area contributed by atoms with E-state index in [2.05, 4.69) is 9.97 Å². The summed E-state index contributed by atoms with van der Waals surface area (Å²) >= 11 is 5.99. The average Bonchev–Trinajstić information content (AvgIpc) is 3.13. The molecule has 0 radical (unpaired) electrons. The molecule has 0 amide bonds. The fraction of sp³-hybridized carbons (Fsp3) is 0.111. The van der Waals surface area contributed by atoms with Crippen LogP contribution in [0.25, 0.3) is 11.4 Å². The van der Waals surface area contributed by atoms with Gasteiger partial charge in [-0.15, -0.1) is 0 Å². The number of H-pyrrole nitrogens is 1. The average molecular weight is 343 g/mol. The Bertz CT molecular complexity index is 847. The van der Waals surface area contributed by atoms with Gasteiger partial charge in [-0.1, -0.05) is 23.7 Å². The first-order valence-electron chi connectivity index (χ1n) is 7.27. The van der Waals surface area contributed by atoms with Gasteiger partial charge in [0.25, 0.3) is 0 Å². The number of imidazole rings is 1. The second-order valence-electron chi connectivity index (χ2n) is 5.06. The molecule has 3 aromatic rings. The maximum absolute atomic E-state index is 11.8. The van der Waals surface area contributed by atoms with E-state index in [0.717, 1.165) is 5.56 Å². The van der Waals surface area contributed by atoms with Crippen LogP contribution in [0.15, 0.2) is 54.9 Å². The van der Waals surface area contributed by atoms with Crippen molar-refractivity contribution in [3.8, 4) is 17.1 Å². The third-order valence-corrected chi connectivity index (χ3v) is 3.67. The summed E-state index contributed by atoms with van der Waals surface area (Å²) in [5, 5.41) is 0.656. The van der Waals surface area contributed by atoms with E-state index in [0.29, 0.717) is 34.3 Å². The lowest BCUT2D eigenvalue weighted by atomic mass is 10.1. The van der Waals surface area contributed by atoms with E-state index in [1.165, 1.54) is 7.11 Å². The Balaban J connectivity index is 1.90.